The number of hydrogen-bond acceptors (Lipinski definition) is 3. The van der Waals surface area contributed by atoms with Gasteiger partial charge in [0.25, 0.3) is 0 Å². The molecule has 0 radical (unpaired) electrons. The van der Waals surface area contributed by atoms with Gasteiger partial charge in [0.05, 0.1) is 12.2 Å². The van der Waals surface area contributed by atoms with Gasteiger partial charge in [-0.2, -0.15) is 5.26 Å². The molecular formula is C14H24N2O. The van der Waals surface area contributed by atoms with Crippen molar-refractivity contribution < 1.29 is 4.74 Å². The summed E-state index contributed by atoms with van der Waals surface area (Å²) in [5.74, 6) is 0. The summed E-state index contributed by atoms with van der Waals surface area (Å²) in [7, 11) is 0. The molecule has 0 aromatic rings. The Hall–Kier alpha value is -0.590. The molecule has 0 aromatic heterocycles. The zero-order valence-corrected chi connectivity index (χ0v) is 10.9. The van der Waals surface area contributed by atoms with Crippen LogP contribution in [0.1, 0.15) is 51.9 Å². The van der Waals surface area contributed by atoms with Crippen LogP contribution in [0.2, 0.25) is 0 Å². The van der Waals surface area contributed by atoms with Crippen LogP contribution in [-0.2, 0) is 4.74 Å². The SMILES string of the molecule is CCOC1CC(NCCC#N)C12CCCCC2. The second kappa shape index (κ2) is 5.84. The Kier molecular flexibility index (Phi) is 4.42. The van der Waals surface area contributed by atoms with Crippen molar-refractivity contribution in [2.75, 3.05) is 13.2 Å². The van der Waals surface area contributed by atoms with E-state index in [1.54, 1.807) is 0 Å². The van der Waals surface area contributed by atoms with E-state index in [-0.39, 0.29) is 0 Å². The van der Waals surface area contributed by atoms with Gasteiger partial charge in [0.15, 0.2) is 0 Å². The highest BCUT2D eigenvalue weighted by Gasteiger charge is 2.55. The van der Waals surface area contributed by atoms with E-state index in [0.29, 0.717) is 24.0 Å². The summed E-state index contributed by atoms with van der Waals surface area (Å²) in [6, 6.07) is 2.80. The first-order valence-electron chi connectivity index (χ1n) is 7.05. The van der Waals surface area contributed by atoms with Crippen molar-refractivity contribution in [2.45, 2.75) is 64.0 Å². The highest BCUT2D eigenvalue weighted by atomic mass is 16.5. The summed E-state index contributed by atoms with van der Waals surface area (Å²) in [4.78, 5) is 0. The van der Waals surface area contributed by atoms with Crippen molar-refractivity contribution in [1.82, 2.24) is 5.32 Å². The summed E-state index contributed by atoms with van der Waals surface area (Å²) >= 11 is 0. The van der Waals surface area contributed by atoms with Crippen LogP contribution in [0.25, 0.3) is 0 Å². The second-order valence-electron chi connectivity index (χ2n) is 5.39. The van der Waals surface area contributed by atoms with Gasteiger partial charge < -0.3 is 10.1 Å². The molecule has 17 heavy (non-hydrogen) atoms. The predicted octanol–water partition coefficient (Wildman–Crippen LogP) is 2.62. The second-order valence-corrected chi connectivity index (χ2v) is 5.39. The fraction of sp³-hybridized carbons (Fsp3) is 0.929. The van der Waals surface area contributed by atoms with Gasteiger partial charge in [-0.15, -0.1) is 0 Å². The van der Waals surface area contributed by atoms with E-state index in [1.807, 2.05) is 0 Å². The molecule has 2 aliphatic carbocycles. The number of nitrogens with one attached hydrogen (secondary N) is 1. The zero-order chi connectivity index (χ0) is 12.1. The molecule has 1 N–H and O–H groups in total. The van der Waals surface area contributed by atoms with Gasteiger partial charge in [0.1, 0.15) is 0 Å². The Morgan fingerprint density at radius 2 is 2.12 bits per heavy atom. The fourth-order valence-electron chi connectivity index (χ4n) is 3.65. The average molecular weight is 236 g/mol. The number of ether oxygens (including phenoxy) is 1. The van der Waals surface area contributed by atoms with Crippen molar-refractivity contribution in [1.29, 1.82) is 5.26 Å². The lowest BCUT2D eigenvalue weighted by atomic mass is 9.55. The van der Waals surface area contributed by atoms with Gasteiger partial charge >= 0.3 is 0 Å². The molecule has 2 saturated carbocycles. The van der Waals surface area contributed by atoms with Crippen LogP contribution >= 0.6 is 0 Å². The molecule has 0 bridgehead atoms. The van der Waals surface area contributed by atoms with Crippen LogP contribution in [-0.4, -0.2) is 25.3 Å². The molecule has 2 aliphatic rings. The molecule has 3 heteroatoms. The third kappa shape index (κ3) is 2.48. The number of rotatable bonds is 5. The molecular weight excluding hydrogens is 212 g/mol. The molecule has 1 spiro atoms. The topological polar surface area (TPSA) is 45.0 Å². The van der Waals surface area contributed by atoms with Crippen LogP contribution in [0.15, 0.2) is 0 Å². The molecule has 0 aromatic carbocycles. The lowest BCUT2D eigenvalue weighted by Gasteiger charge is -2.58. The molecule has 0 amide bonds. The summed E-state index contributed by atoms with van der Waals surface area (Å²) in [6.07, 6.45) is 8.91. The van der Waals surface area contributed by atoms with Crippen molar-refractivity contribution in [2.24, 2.45) is 5.41 Å². The Morgan fingerprint density at radius 3 is 2.76 bits per heavy atom. The summed E-state index contributed by atoms with van der Waals surface area (Å²) < 4.78 is 5.90. The Labute approximate surface area is 105 Å². The lowest BCUT2D eigenvalue weighted by molar-refractivity contribution is -0.149. The highest BCUT2D eigenvalue weighted by Crippen LogP contribution is 2.53. The smallest absolute Gasteiger partial charge is 0.0661 e. The van der Waals surface area contributed by atoms with Crippen LogP contribution in [0.3, 0.4) is 0 Å². The molecule has 2 atom stereocenters. The fourth-order valence-corrected chi connectivity index (χ4v) is 3.65. The van der Waals surface area contributed by atoms with Crippen LogP contribution in [0, 0.1) is 16.7 Å². The molecule has 2 rings (SSSR count). The summed E-state index contributed by atoms with van der Waals surface area (Å²) in [5.41, 5.74) is 0.393. The third-order valence-electron chi connectivity index (χ3n) is 4.56. The van der Waals surface area contributed by atoms with Gasteiger partial charge in [-0.25, -0.2) is 0 Å². The van der Waals surface area contributed by atoms with Crippen LogP contribution in [0.5, 0.6) is 0 Å². The van der Waals surface area contributed by atoms with Crippen molar-refractivity contribution in [3.63, 3.8) is 0 Å². The molecule has 2 fully saturated rings. The molecule has 96 valence electrons. The van der Waals surface area contributed by atoms with Crippen molar-refractivity contribution in [3.8, 4) is 6.07 Å². The van der Waals surface area contributed by atoms with Crippen LogP contribution in [0.4, 0.5) is 0 Å². The standard InChI is InChI=1S/C14H24N2O/c1-2-17-13-11-12(16-10-6-9-15)14(13)7-4-3-5-8-14/h12-13,16H,2-8,10-11H2,1H3. The largest absolute Gasteiger partial charge is 0.378 e. The van der Waals surface area contributed by atoms with Gasteiger partial charge in [0.2, 0.25) is 0 Å². The molecule has 0 heterocycles. The maximum Gasteiger partial charge on any atom is 0.0661 e. The third-order valence-corrected chi connectivity index (χ3v) is 4.56. The Morgan fingerprint density at radius 1 is 1.35 bits per heavy atom. The maximum absolute atomic E-state index is 8.59. The summed E-state index contributed by atoms with van der Waals surface area (Å²) in [6.45, 7) is 3.76. The van der Waals surface area contributed by atoms with Gasteiger partial charge in [-0.05, 0) is 26.2 Å². The molecule has 3 nitrogen and oxygen atoms in total. The quantitative estimate of drug-likeness (QED) is 0.746. The normalized spacial score (nSPS) is 30.8. The van der Waals surface area contributed by atoms with Crippen molar-refractivity contribution in [3.05, 3.63) is 0 Å². The first-order chi connectivity index (χ1) is 8.33. The van der Waals surface area contributed by atoms with E-state index in [0.717, 1.165) is 19.6 Å². The predicted molar refractivity (Wildman–Crippen MR) is 67.6 cm³/mol. The van der Waals surface area contributed by atoms with Crippen molar-refractivity contribution >= 4 is 0 Å². The minimum atomic E-state index is 0.393. The van der Waals surface area contributed by atoms with E-state index in [2.05, 4.69) is 18.3 Å². The number of nitriles is 1. The van der Waals surface area contributed by atoms with E-state index in [1.165, 1.54) is 32.1 Å². The Balaban J connectivity index is 1.91. The Bertz CT molecular complexity index is 278. The van der Waals surface area contributed by atoms with E-state index < -0.39 is 0 Å². The average Bonchev–Trinajstić information content (AvgIpc) is 2.38. The first kappa shape index (κ1) is 12.9. The monoisotopic (exact) mass is 236 g/mol. The minimum Gasteiger partial charge on any atom is -0.378 e. The van der Waals surface area contributed by atoms with Gasteiger partial charge in [-0.3, -0.25) is 0 Å². The number of hydrogen-bond donors (Lipinski definition) is 1. The van der Waals surface area contributed by atoms with Gasteiger partial charge in [0, 0.05) is 31.0 Å². The van der Waals surface area contributed by atoms with Crippen LogP contribution < -0.4 is 5.32 Å². The molecule has 0 aliphatic heterocycles. The maximum atomic E-state index is 8.59. The molecule has 2 unspecified atom stereocenters. The van der Waals surface area contributed by atoms with E-state index in [4.69, 9.17) is 10.00 Å². The summed E-state index contributed by atoms with van der Waals surface area (Å²) in [5, 5.41) is 12.2. The number of nitrogens with zero attached hydrogens (tertiary/aromatic N) is 1. The first-order valence-corrected chi connectivity index (χ1v) is 7.05. The minimum absolute atomic E-state index is 0.393. The lowest BCUT2D eigenvalue weighted by Crippen LogP contribution is -2.64. The highest BCUT2D eigenvalue weighted by molar-refractivity contribution is 5.09. The van der Waals surface area contributed by atoms with E-state index in [9.17, 15) is 0 Å². The van der Waals surface area contributed by atoms with E-state index >= 15 is 0 Å². The van der Waals surface area contributed by atoms with Gasteiger partial charge in [-0.1, -0.05) is 19.3 Å². The zero-order valence-electron chi connectivity index (χ0n) is 10.9. The molecule has 0 saturated heterocycles.